The van der Waals surface area contributed by atoms with Gasteiger partial charge in [0.05, 0.1) is 0 Å². The predicted molar refractivity (Wildman–Crippen MR) is 70.9 cm³/mol. The Morgan fingerprint density at radius 3 is 2.52 bits per heavy atom. The largest absolute Gasteiger partial charge is 0.481 e. The molecule has 0 aromatic heterocycles. The molecule has 1 amide bonds. The van der Waals surface area contributed by atoms with Crippen LogP contribution in [0.15, 0.2) is 18.2 Å². The number of carboxylic acids is 1. The Morgan fingerprint density at radius 1 is 1.29 bits per heavy atom. The van der Waals surface area contributed by atoms with Gasteiger partial charge in [0.1, 0.15) is 5.75 Å². The standard InChI is InChI=1S/C14H17F2NO4/c1-8(3-6-13(18)19)17-14(20)9(2)21-10-4-5-11(15)12(16)7-10/h4-5,7-9H,3,6H2,1-2H3,(H,17,20)(H,18,19). The van der Waals surface area contributed by atoms with Crippen molar-refractivity contribution in [3.05, 3.63) is 29.8 Å². The van der Waals surface area contributed by atoms with E-state index in [1.54, 1.807) is 6.92 Å². The van der Waals surface area contributed by atoms with Gasteiger partial charge in [-0.05, 0) is 32.4 Å². The first-order chi connectivity index (χ1) is 9.79. The van der Waals surface area contributed by atoms with Crippen LogP contribution in [-0.4, -0.2) is 29.1 Å². The van der Waals surface area contributed by atoms with Gasteiger partial charge >= 0.3 is 5.97 Å². The Balaban J connectivity index is 2.50. The van der Waals surface area contributed by atoms with Crippen LogP contribution in [0.4, 0.5) is 8.78 Å². The molecule has 0 saturated carbocycles. The number of benzene rings is 1. The van der Waals surface area contributed by atoms with Crippen LogP contribution in [0.5, 0.6) is 5.75 Å². The van der Waals surface area contributed by atoms with Crippen LogP contribution >= 0.6 is 0 Å². The molecule has 7 heteroatoms. The number of carbonyl (C=O) groups excluding carboxylic acids is 1. The Labute approximate surface area is 120 Å². The number of hydrogen-bond donors (Lipinski definition) is 2. The van der Waals surface area contributed by atoms with Crippen molar-refractivity contribution in [2.75, 3.05) is 0 Å². The Bertz CT molecular complexity index is 522. The van der Waals surface area contributed by atoms with Gasteiger partial charge in [-0.2, -0.15) is 0 Å². The van der Waals surface area contributed by atoms with E-state index in [1.807, 2.05) is 0 Å². The molecular formula is C14H17F2NO4. The normalized spacial score (nSPS) is 13.3. The average Bonchev–Trinajstić information content (AvgIpc) is 2.40. The summed E-state index contributed by atoms with van der Waals surface area (Å²) in [4.78, 5) is 22.2. The first kappa shape index (κ1) is 16.9. The molecule has 21 heavy (non-hydrogen) atoms. The molecule has 2 atom stereocenters. The molecule has 0 saturated heterocycles. The number of amides is 1. The minimum atomic E-state index is -1.06. The van der Waals surface area contributed by atoms with Gasteiger partial charge in [-0.1, -0.05) is 0 Å². The van der Waals surface area contributed by atoms with Crippen molar-refractivity contribution in [2.45, 2.75) is 38.8 Å². The fourth-order valence-corrected chi connectivity index (χ4v) is 1.58. The van der Waals surface area contributed by atoms with Crippen molar-refractivity contribution in [3.63, 3.8) is 0 Å². The highest BCUT2D eigenvalue weighted by molar-refractivity contribution is 5.81. The second-order valence-corrected chi connectivity index (χ2v) is 4.68. The van der Waals surface area contributed by atoms with Gasteiger partial charge < -0.3 is 15.2 Å². The van der Waals surface area contributed by atoms with Gasteiger partial charge in [0, 0.05) is 18.5 Å². The van der Waals surface area contributed by atoms with Gasteiger partial charge in [-0.25, -0.2) is 8.78 Å². The third kappa shape index (κ3) is 5.76. The Morgan fingerprint density at radius 2 is 1.95 bits per heavy atom. The highest BCUT2D eigenvalue weighted by Gasteiger charge is 2.18. The molecule has 1 aromatic rings. The van der Waals surface area contributed by atoms with E-state index in [0.29, 0.717) is 6.42 Å². The first-order valence-corrected chi connectivity index (χ1v) is 6.43. The highest BCUT2D eigenvalue weighted by atomic mass is 19.2. The van der Waals surface area contributed by atoms with E-state index in [1.165, 1.54) is 13.0 Å². The molecular weight excluding hydrogens is 284 g/mol. The Hall–Kier alpha value is -2.18. The van der Waals surface area contributed by atoms with E-state index in [-0.39, 0.29) is 18.2 Å². The van der Waals surface area contributed by atoms with E-state index < -0.39 is 29.6 Å². The summed E-state index contributed by atoms with van der Waals surface area (Å²) in [6, 6.07) is 2.65. The molecule has 0 aliphatic rings. The number of carbonyl (C=O) groups is 2. The fourth-order valence-electron chi connectivity index (χ4n) is 1.58. The Kier molecular flexibility index (Phi) is 6.08. The van der Waals surface area contributed by atoms with E-state index >= 15 is 0 Å². The molecule has 2 unspecified atom stereocenters. The molecule has 0 bridgehead atoms. The summed E-state index contributed by atoms with van der Waals surface area (Å²) in [7, 11) is 0. The summed E-state index contributed by atoms with van der Waals surface area (Å²) in [5, 5.41) is 11.1. The smallest absolute Gasteiger partial charge is 0.303 e. The molecule has 0 heterocycles. The van der Waals surface area contributed by atoms with E-state index in [0.717, 1.165) is 12.1 Å². The zero-order chi connectivity index (χ0) is 16.0. The number of carboxylic acid groups (broad SMARTS) is 1. The molecule has 1 rings (SSSR count). The number of halogens is 2. The van der Waals surface area contributed by atoms with Crippen LogP contribution < -0.4 is 10.1 Å². The van der Waals surface area contributed by atoms with Crippen molar-refractivity contribution >= 4 is 11.9 Å². The summed E-state index contributed by atoms with van der Waals surface area (Å²) in [5.74, 6) is -3.42. The molecule has 0 fully saturated rings. The van der Waals surface area contributed by atoms with Gasteiger partial charge in [0.25, 0.3) is 5.91 Å². The van der Waals surface area contributed by atoms with Crippen LogP contribution in [0.1, 0.15) is 26.7 Å². The maximum absolute atomic E-state index is 13.0. The number of rotatable bonds is 7. The monoisotopic (exact) mass is 301 g/mol. The number of ether oxygens (including phenoxy) is 1. The van der Waals surface area contributed by atoms with Crippen molar-refractivity contribution in [3.8, 4) is 5.75 Å². The maximum atomic E-state index is 13.0. The van der Waals surface area contributed by atoms with Gasteiger partial charge in [-0.15, -0.1) is 0 Å². The minimum absolute atomic E-state index is 0.0368. The molecule has 5 nitrogen and oxygen atoms in total. The lowest BCUT2D eigenvalue weighted by Crippen LogP contribution is -2.41. The highest BCUT2D eigenvalue weighted by Crippen LogP contribution is 2.16. The molecule has 2 N–H and O–H groups in total. The quantitative estimate of drug-likeness (QED) is 0.808. The summed E-state index contributed by atoms with van der Waals surface area (Å²) in [6.07, 6.45) is -0.680. The van der Waals surface area contributed by atoms with Crippen LogP contribution in [0.3, 0.4) is 0 Å². The van der Waals surface area contributed by atoms with Crippen LogP contribution in [0.2, 0.25) is 0 Å². The van der Waals surface area contributed by atoms with Crippen LogP contribution in [0, 0.1) is 11.6 Å². The third-order valence-corrected chi connectivity index (χ3v) is 2.75. The topological polar surface area (TPSA) is 75.6 Å². The van der Waals surface area contributed by atoms with E-state index in [9.17, 15) is 18.4 Å². The van der Waals surface area contributed by atoms with Gasteiger partial charge in [-0.3, -0.25) is 9.59 Å². The molecule has 116 valence electrons. The van der Waals surface area contributed by atoms with Crippen molar-refractivity contribution < 1.29 is 28.2 Å². The van der Waals surface area contributed by atoms with Gasteiger partial charge in [0.15, 0.2) is 17.7 Å². The van der Waals surface area contributed by atoms with E-state index in [2.05, 4.69) is 5.32 Å². The van der Waals surface area contributed by atoms with E-state index in [4.69, 9.17) is 9.84 Å². The number of aliphatic carboxylic acids is 1. The summed E-state index contributed by atoms with van der Waals surface area (Å²) in [5.41, 5.74) is 0. The van der Waals surface area contributed by atoms with Crippen LogP contribution in [0.25, 0.3) is 0 Å². The summed E-state index contributed by atoms with van der Waals surface area (Å²) in [6.45, 7) is 3.13. The van der Waals surface area contributed by atoms with Crippen molar-refractivity contribution in [2.24, 2.45) is 0 Å². The second kappa shape index (κ2) is 7.56. The summed E-state index contributed by atoms with van der Waals surface area (Å²) < 4.78 is 31.0. The lowest BCUT2D eigenvalue weighted by molar-refractivity contribution is -0.137. The first-order valence-electron chi connectivity index (χ1n) is 6.43. The SMILES string of the molecule is CC(CCC(=O)O)NC(=O)C(C)Oc1ccc(F)c(F)c1. The lowest BCUT2D eigenvalue weighted by Gasteiger charge is -2.18. The molecule has 0 aliphatic carbocycles. The van der Waals surface area contributed by atoms with Crippen molar-refractivity contribution in [1.82, 2.24) is 5.32 Å². The average molecular weight is 301 g/mol. The van der Waals surface area contributed by atoms with Gasteiger partial charge in [0.2, 0.25) is 0 Å². The second-order valence-electron chi connectivity index (χ2n) is 4.68. The number of nitrogens with one attached hydrogen (secondary N) is 1. The molecule has 0 spiro atoms. The lowest BCUT2D eigenvalue weighted by atomic mass is 10.2. The minimum Gasteiger partial charge on any atom is -0.481 e. The zero-order valence-corrected chi connectivity index (χ0v) is 11.7. The summed E-state index contributed by atoms with van der Waals surface area (Å²) >= 11 is 0. The molecule has 0 radical (unpaired) electrons. The molecule has 1 aromatic carbocycles. The van der Waals surface area contributed by atoms with Crippen LogP contribution in [-0.2, 0) is 9.59 Å². The predicted octanol–water partition coefficient (Wildman–Crippen LogP) is 2.10. The fraction of sp³-hybridized carbons (Fsp3) is 0.429. The van der Waals surface area contributed by atoms with Crippen molar-refractivity contribution in [1.29, 1.82) is 0 Å². The third-order valence-electron chi connectivity index (χ3n) is 2.75. The maximum Gasteiger partial charge on any atom is 0.303 e. The molecule has 0 aliphatic heterocycles. The number of hydrogen-bond acceptors (Lipinski definition) is 3. The zero-order valence-electron chi connectivity index (χ0n) is 11.7.